The van der Waals surface area contributed by atoms with Crippen LogP contribution in [0.1, 0.15) is 11.1 Å². The topological polar surface area (TPSA) is 20.2 Å². The molecule has 4 aliphatic rings. The fraction of sp³-hybridized carbons (Fsp3) is 0.0588. The molecule has 6 rings (SSSR count). The van der Waals surface area contributed by atoms with Crippen LogP contribution in [0.15, 0.2) is 59.5 Å². The van der Waals surface area contributed by atoms with Crippen LogP contribution in [0.5, 0.6) is 0 Å². The van der Waals surface area contributed by atoms with E-state index in [9.17, 15) is 5.11 Å². The van der Waals surface area contributed by atoms with E-state index in [1.54, 1.807) is 11.8 Å². The Labute approximate surface area is 259 Å². The Kier molecular flexibility index (Phi) is 16.3. The summed E-state index contributed by atoms with van der Waals surface area (Å²) >= 11 is 1.69. The molecular formula is C34H30Fe2OS+4. The van der Waals surface area contributed by atoms with Crippen molar-refractivity contribution >= 4 is 11.8 Å². The van der Waals surface area contributed by atoms with Gasteiger partial charge < -0.3 is 5.11 Å². The molecule has 1 atom stereocenters. The summed E-state index contributed by atoms with van der Waals surface area (Å²) in [6.07, 6.45) is 34.0. The van der Waals surface area contributed by atoms with E-state index < -0.39 is 5.60 Å². The van der Waals surface area contributed by atoms with E-state index in [0.29, 0.717) is 0 Å². The Balaban J connectivity index is 0.000000354. The summed E-state index contributed by atoms with van der Waals surface area (Å²) in [6, 6.07) is 18.4. The molecule has 0 saturated heterocycles. The van der Waals surface area contributed by atoms with Gasteiger partial charge in [0.1, 0.15) is 5.60 Å². The molecule has 0 heterocycles. The maximum absolute atomic E-state index is 11.9. The van der Waals surface area contributed by atoms with Gasteiger partial charge in [0.2, 0.25) is 0 Å². The normalized spacial score (nSPS) is 21.3. The molecule has 38 heavy (non-hydrogen) atoms. The first-order chi connectivity index (χ1) is 17.7. The molecule has 4 aliphatic carbocycles. The second-order valence-corrected chi connectivity index (χ2v) is 9.51. The Morgan fingerprint density at radius 2 is 1.05 bits per heavy atom. The monoisotopic (exact) mass is 598 g/mol. The van der Waals surface area contributed by atoms with E-state index >= 15 is 0 Å². The fourth-order valence-electron chi connectivity index (χ4n) is 3.94. The number of aryl methyl sites for hydroxylation is 1. The number of thioether (sulfide) groups is 1. The van der Waals surface area contributed by atoms with Crippen LogP contribution in [-0.4, -0.2) is 5.11 Å². The third-order valence-corrected chi connectivity index (χ3v) is 6.88. The molecule has 0 bridgehead atoms. The van der Waals surface area contributed by atoms with Crippen molar-refractivity contribution in [3.8, 4) is 0 Å². The minimum Gasteiger partial charge on any atom is -0.384 e. The predicted octanol–water partition coefficient (Wildman–Crippen LogP) is 7.15. The van der Waals surface area contributed by atoms with E-state index in [2.05, 4.69) is 37.6 Å². The van der Waals surface area contributed by atoms with E-state index in [-0.39, 0.29) is 34.1 Å². The van der Waals surface area contributed by atoms with E-state index in [1.165, 1.54) is 10.5 Å². The van der Waals surface area contributed by atoms with Crippen molar-refractivity contribution in [3.63, 3.8) is 0 Å². The minimum absolute atomic E-state index is 0. The van der Waals surface area contributed by atoms with Crippen molar-refractivity contribution in [2.45, 2.75) is 17.4 Å². The fourth-order valence-corrected chi connectivity index (χ4v) is 4.94. The van der Waals surface area contributed by atoms with Gasteiger partial charge in [-0.1, -0.05) is 48.0 Å². The number of rotatable bonds is 5. The van der Waals surface area contributed by atoms with Crippen LogP contribution in [0.25, 0.3) is 0 Å². The molecule has 0 amide bonds. The second-order valence-electron chi connectivity index (χ2n) is 8.39. The Hall–Kier alpha value is -0.211. The SMILES string of the molecule is Cc1ccc(S[C]2[CH][CH][CH][C]2[C@@](O)([C]2[CH][CH][CH][CH]2)c2ccccc2)cc1.[CH]1[CH][CH][CH][CH]1.[CH]1[CH][CH][CH][CH]1.[Fe+2].[Fe+2]. The van der Waals surface area contributed by atoms with Gasteiger partial charge in [-0.3, -0.25) is 0 Å². The van der Waals surface area contributed by atoms with Crippen LogP contribution >= 0.6 is 11.8 Å². The van der Waals surface area contributed by atoms with Crippen molar-refractivity contribution in [1.29, 1.82) is 0 Å². The third kappa shape index (κ3) is 9.71. The van der Waals surface area contributed by atoms with Gasteiger partial charge in [0.15, 0.2) is 0 Å². The van der Waals surface area contributed by atoms with Gasteiger partial charge in [0.25, 0.3) is 0 Å². The first kappa shape index (κ1) is 34.0. The molecule has 0 aliphatic heterocycles. The van der Waals surface area contributed by atoms with Gasteiger partial charge in [-0.15, -0.1) is 11.8 Å². The van der Waals surface area contributed by atoms with E-state index in [0.717, 1.165) is 22.6 Å². The molecule has 2 aromatic carbocycles. The van der Waals surface area contributed by atoms with Gasteiger partial charge in [0.05, 0.1) is 0 Å². The molecule has 20 radical (unpaired) electrons. The zero-order valence-corrected chi connectivity index (χ0v) is 24.1. The smallest absolute Gasteiger partial charge is 0.384 e. The molecule has 4 heteroatoms. The summed E-state index contributed by atoms with van der Waals surface area (Å²) in [5.74, 6) is 1.81. The van der Waals surface area contributed by atoms with Gasteiger partial charge in [-0.25, -0.2) is 0 Å². The molecule has 1 N–H and O–H groups in total. The van der Waals surface area contributed by atoms with Crippen LogP contribution in [0.3, 0.4) is 0 Å². The molecule has 0 aromatic heterocycles. The molecule has 4 fully saturated rings. The van der Waals surface area contributed by atoms with Crippen LogP contribution in [0.4, 0.5) is 0 Å². The number of benzene rings is 2. The first-order valence-electron chi connectivity index (χ1n) is 12.0. The summed E-state index contributed by atoms with van der Waals surface area (Å²) in [5, 5.41) is 13.0. The Bertz CT molecular complexity index is 835. The van der Waals surface area contributed by atoms with Crippen molar-refractivity contribution in [2.75, 3.05) is 0 Å². The van der Waals surface area contributed by atoms with Crippen LogP contribution < -0.4 is 0 Å². The average molecular weight is 598 g/mol. The quantitative estimate of drug-likeness (QED) is 0.369. The molecule has 0 unspecified atom stereocenters. The van der Waals surface area contributed by atoms with E-state index in [1.807, 2.05) is 133 Å². The largest absolute Gasteiger partial charge is 2.00 e. The Morgan fingerprint density at radius 1 is 0.553 bits per heavy atom. The number of hydrogen-bond donors (Lipinski definition) is 1. The summed E-state index contributed by atoms with van der Waals surface area (Å²) in [7, 11) is 0. The second kappa shape index (κ2) is 18.3. The average Bonchev–Trinajstić information content (AvgIpc) is 3.76. The summed E-state index contributed by atoms with van der Waals surface area (Å²) in [4.78, 5) is 1.17. The molecular weight excluding hydrogens is 568 g/mol. The maximum Gasteiger partial charge on any atom is 2.00 e. The van der Waals surface area contributed by atoms with Crippen LogP contribution in [-0.2, 0) is 39.7 Å². The first-order valence-corrected chi connectivity index (χ1v) is 12.8. The Morgan fingerprint density at radius 3 is 1.55 bits per heavy atom. The maximum atomic E-state index is 11.9. The van der Waals surface area contributed by atoms with Crippen LogP contribution in [0.2, 0.25) is 0 Å². The van der Waals surface area contributed by atoms with Crippen molar-refractivity contribution < 1.29 is 39.2 Å². The van der Waals surface area contributed by atoms with Crippen molar-refractivity contribution in [1.82, 2.24) is 0 Å². The zero-order chi connectivity index (χ0) is 25.1. The van der Waals surface area contributed by atoms with Crippen LogP contribution in [0, 0.1) is 133 Å². The van der Waals surface area contributed by atoms with Gasteiger partial charge in [0, 0.05) is 22.0 Å². The molecule has 4 saturated carbocycles. The zero-order valence-electron chi connectivity index (χ0n) is 21.1. The van der Waals surface area contributed by atoms with Gasteiger partial charge >= 0.3 is 34.1 Å². The van der Waals surface area contributed by atoms with E-state index in [4.69, 9.17) is 0 Å². The molecule has 2 aromatic rings. The van der Waals surface area contributed by atoms with Gasteiger partial charge in [-0.05, 0) is 134 Å². The summed E-state index contributed by atoms with van der Waals surface area (Å²) in [6.45, 7) is 2.09. The molecule has 1 nitrogen and oxygen atoms in total. The van der Waals surface area contributed by atoms with Crippen molar-refractivity contribution in [3.05, 3.63) is 192 Å². The number of aliphatic hydroxyl groups is 1. The molecule has 0 spiro atoms. The number of hydrogen-bond acceptors (Lipinski definition) is 2. The molecule has 190 valence electrons. The standard InChI is InChI=1S/C24H20OS.2C5H5.2Fe/c1-18-14-16-21(17-15-18)26-23-13-7-12-22(23)24(25,20-10-5-6-11-20)19-8-3-2-4-9-19;2*1-2-4-5-3-1;;/h2-17,25H,1H3;2*1-5H;;/q;;;2*+2/t24-;;;;/m0..../s1. The van der Waals surface area contributed by atoms with Gasteiger partial charge in [-0.2, -0.15) is 0 Å². The predicted molar refractivity (Wildman–Crippen MR) is 150 cm³/mol. The van der Waals surface area contributed by atoms with Crippen molar-refractivity contribution in [2.24, 2.45) is 0 Å². The third-order valence-electron chi connectivity index (χ3n) is 5.80. The summed E-state index contributed by atoms with van der Waals surface area (Å²) < 4.78 is 0. The minimum atomic E-state index is -1.17. The summed E-state index contributed by atoms with van der Waals surface area (Å²) in [5.41, 5.74) is 0.958.